The van der Waals surface area contributed by atoms with Crippen molar-refractivity contribution >= 4 is 23.5 Å². The highest BCUT2D eigenvalue weighted by Crippen LogP contribution is 2.22. The van der Waals surface area contributed by atoms with E-state index in [1.807, 2.05) is 0 Å². The summed E-state index contributed by atoms with van der Waals surface area (Å²) in [4.78, 5) is 22.4. The second-order valence-corrected chi connectivity index (χ2v) is 3.81. The summed E-state index contributed by atoms with van der Waals surface area (Å²) >= 11 is 5.77. The summed E-state index contributed by atoms with van der Waals surface area (Å²) in [5, 5.41) is 11.4. The maximum Gasteiger partial charge on any atom is 0.325 e. The number of hydrogen-bond donors (Lipinski definition) is 2. The Labute approximate surface area is 103 Å². The van der Waals surface area contributed by atoms with Crippen LogP contribution in [0, 0.1) is 0 Å². The van der Waals surface area contributed by atoms with Crippen LogP contribution in [0.1, 0.15) is 17.3 Å². The zero-order chi connectivity index (χ0) is 13.0. The molecule has 0 aliphatic heterocycles. The van der Waals surface area contributed by atoms with E-state index in [0.29, 0.717) is 10.8 Å². The molecule has 1 aromatic carbocycles. The number of ether oxygens (including phenoxy) is 1. The Morgan fingerprint density at radius 1 is 1.47 bits per heavy atom. The summed E-state index contributed by atoms with van der Waals surface area (Å²) in [6.45, 7) is 1.37. The van der Waals surface area contributed by atoms with E-state index >= 15 is 0 Å². The predicted molar refractivity (Wildman–Crippen MR) is 62.6 cm³/mol. The Hall–Kier alpha value is -1.75. The molecule has 0 radical (unpaired) electrons. The molecule has 0 fully saturated rings. The molecule has 1 aromatic rings. The molecular formula is C11H12ClNO4. The standard InChI is InChI=1S/C11H12ClNO4/c1-6(11(15)16)13-10(14)8-5-7(12)3-4-9(8)17-2/h3-6H,1-2H3,(H,13,14)(H,15,16)/t6-/m1/s1. The van der Waals surface area contributed by atoms with Crippen LogP contribution in [-0.4, -0.2) is 30.1 Å². The van der Waals surface area contributed by atoms with Crippen LogP contribution in [-0.2, 0) is 4.79 Å². The van der Waals surface area contributed by atoms with Crippen LogP contribution in [0.4, 0.5) is 0 Å². The Morgan fingerprint density at radius 3 is 2.65 bits per heavy atom. The van der Waals surface area contributed by atoms with Gasteiger partial charge in [0.15, 0.2) is 0 Å². The molecular weight excluding hydrogens is 246 g/mol. The second-order valence-electron chi connectivity index (χ2n) is 3.38. The maximum absolute atomic E-state index is 11.8. The van der Waals surface area contributed by atoms with Crippen molar-refractivity contribution in [2.24, 2.45) is 0 Å². The lowest BCUT2D eigenvalue weighted by atomic mass is 10.1. The smallest absolute Gasteiger partial charge is 0.325 e. The van der Waals surface area contributed by atoms with Crippen LogP contribution in [0.3, 0.4) is 0 Å². The lowest BCUT2D eigenvalue weighted by molar-refractivity contribution is -0.138. The first kappa shape index (κ1) is 13.3. The van der Waals surface area contributed by atoms with Gasteiger partial charge in [0.1, 0.15) is 11.8 Å². The lowest BCUT2D eigenvalue weighted by Crippen LogP contribution is -2.38. The number of aliphatic carboxylic acids is 1. The largest absolute Gasteiger partial charge is 0.496 e. The van der Waals surface area contributed by atoms with Crippen molar-refractivity contribution in [3.8, 4) is 5.75 Å². The monoisotopic (exact) mass is 257 g/mol. The predicted octanol–water partition coefficient (Wildman–Crippen LogP) is 1.55. The molecule has 5 nitrogen and oxygen atoms in total. The number of carbonyl (C=O) groups is 2. The van der Waals surface area contributed by atoms with E-state index in [0.717, 1.165) is 0 Å². The first-order valence-corrected chi connectivity index (χ1v) is 5.20. The van der Waals surface area contributed by atoms with Gasteiger partial charge in [-0.3, -0.25) is 9.59 Å². The van der Waals surface area contributed by atoms with Crippen LogP contribution in [0.5, 0.6) is 5.75 Å². The zero-order valence-corrected chi connectivity index (χ0v) is 10.1. The maximum atomic E-state index is 11.8. The summed E-state index contributed by atoms with van der Waals surface area (Å²) in [5.41, 5.74) is 0.202. The first-order valence-electron chi connectivity index (χ1n) is 4.83. The lowest BCUT2D eigenvalue weighted by Gasteiger charge is -2.12. The highest BCUT2D eigenvalue weighted by atomic mass is 35.5. The first-order chi connectivity index (χ1) is 7.95. The zero-order valence-electron chi connectivity index (χ0n) is 9.36. The Kier molecular flexibility index (Phi) is 4.34. The quantitative estimate of drug-likeness (QED) is 0.858. The van der Waals surface area contributed by atoms with Gasteiger partial charge in [-0.1, -0.05) is 11.6 Å². The van der Waals surface area contributed by atoms with Gasteiger partial charge in [0.25, 0.3) is 5.91 Å². The molecule has 0 aliphatic carbocycles. The van der Waals surface area contributed by atoms with Gasteiger partial charge in [0.2, 0.25) is 0 Å². The molecule has 2 N–H and O–H groups in total. The minimum Gasteiger partial charge on any atom is -0.496 e. The summed E-state index contributed by atoms with van der Waals surface area (Å²) in [7, 11) is 1.42. The summed E-state index contributed by atoms with van der Waals surface area (Å²) in [6, 6.07) is 3.57. The molecule has 1 atom stereocenters. The Balaban J connectivity index is 2.95. The van der Waals surface area contributed by atoms with Crippen LogP contribution in [0.25, 0.3) is 0 Å². The van der Waals surface area contributed by atoms with E-state index in [4.69, 9.17) is 21.4 Å². The van der Waals surface area contributed by atoms with Crippen molar-refractivity contribution in [1.82, 2.24) is 5.32 Å². The fraction of sp³-hybridized carbons (Fsp3) is 0.273. The Bertz CT molecular complexity index is 447. The van der Waals surface area contributed by atoms with E-state index in [-0.39, 0.29) is 5.56 Å². The molecule has 17 heavy (non-hydrogen) atoms. The molecule has 0 heterocycles. The topological polar surface area (TPSA) is 75.6 Å². The minimum absolute atomic E-state index is 0.202. The Morgan fingerprint density at radius 2 is 2.12 bits per heavy atom. The van der Waals surface area contributed by atoms with E-state index < -0.39 is 17.9 Å². The van der Waals surface area contributed by atoms with Crippen LogP contribution < -0.4 is 10.1 Å². The highest BCUT2D eigenvalue weighted by molar-refractivity contribution is 6.31. The molecule has 0 aliphatic rings. The third-order valence-corrected chi connectivity index (χ3v) is 2.36. The number of benzene rings is 1. The molecule has 0 saturated carbocycles. The van der Waals surface area contributed by atoms with Gasteiger partial charge in [-0.2, -0.15) is 0 Å². The molecule has 6 heteroatoms. The van der Waals surface area contributed by atoms with Gasteiger partial charge in [-0.05, 0) is 25.1 Å². The fourth-order valence-electron chi connectivity index (χ4n) is 1.19. The number of rotatable bonds is 4. The number of hydrogen-bond acceptors (Lipinski definition) is 3. The van der Waals surface area contributed by atoms with E-state index in [2.05, 4.69) is 5.32 Å². The van der Waals surface area contributed by atoms with E-state index in [1.54, 1.807) is 12.1 Å². The SMILES string of the molecule is COc1ccc(Cl)cc1C(=O)N[C@H](C)C(=O)O. The number of carboxylic acid groups (broad SMARTS) is 1. The minimum atomic E-state index is -1.11. The van der Waals surface area contributed by atoms with Crippen LogP contribution >= 0.6 is 11.6 Å². The van der Waals surface area contributed by atoms with Gasteiger partial charge in [-0.15, -0.1) is 0 Å². The van der Waals surface area contributed by atoms with Crippen molar-refractivity contribution in [1.29, 1.82) is 0 Å². The molecule has 1 rings (SSSR count). The highest BCUT2D eigenvalue weighted by Gasteiger charge is 2.18. The number of nitrogens with one attached hydrogen (secondary N) is 1. The normalized spacial score (nSPS) is 11.7. The summed E-state index contributed by atoms with van der Waals surface area (Å²) < 4.78 is 5.00. The fourth-order valence-corrected chi connectivity index (χ4v) is 1.37. The van der Waals surface area contributed by atoms with Gasteiger partial charge in [0.05, 0.1) is 12.7 Å². The van der Waals surface area contributed by atoms with E-state index in [1.165, 1.54) is 20.1 Å². The third-order valence-electron chi connectivity index (χ3n) is 2.12. The molecule has 1 amide bonds. The second kappa shape index (κ2) is 5.54. The van der Waals surface area contributed by atoms with Gasteiger partial charge < -0.3 is 15.2 Å². The summed E-state index contributed by atoms with van der Waals surface area (Å²) in [6.07, 6.45) is 0. The number of methoxy groups -OCH3 is 1. The van der Waals surface area contributed by atoms with E-state index in [9.17, 15) is 9.59 Å². The van der Waals surface area contributed by atoms with Crippen molar-refractivity contribution in [3.63, 3.8) is 0 Å². The summed E-state index contributed by atoms with van der Waals surface area (Å²) in [5.74, 6) is -1.32. The number of amides is 1. The molecule has 0 unspecified atom stereocenters. The average molecular weight is 258 g/mol. The number of carbonyl (C=O) groups excluding carboxylic acids is 1. The van der Waals surface area contributed by atoms with Gasteiger partial charge >= 0.3 is 5.97 Å². The van der Waals surface area contributed by atoms with Crippen LogP contribution in [0.2, 0.25) is 5.02 Å². The van der Waals surface area contributed by atoms with Crippen LogP contribution in [0.15, 0.2) is 18.2 Å². The molecule has 0 bridgehead atoms. The molecule has 0 spiro atoms. The van der Waals surface area contributed by atoms with Crippen molar-refractivity contribution < 1.29 is 19.4 Å². The average Bonchev–Trinajstić information content (AvgIpc) is 2.28. The molecule has 0 aromatic heterocycles. The number of carboxylic acids is 1. The van der Waals surface area contributed by atoms with Crippen molar-refractivity contribution in [2.45, 2.75) is 13.0 Å². The molecule has 0 saturated heterocycles. The molecule has 92 valence electrons. The van der Waals surface area contributed by atoms with Gasteiger partial charge in [0, 0.05) is 5.02 Å². The van der Waals surface area contributed by atoms with Crippen molar-refractivity contribution in [2.75, 3.05) is 7.11 Å². The van der Waals surface area contributed by atoms with Gasteiger partial charge in [-0.25, -0.2) is 0 Å². The van der Waals surface area contributed by atoms with Crippen molar-refractivity contribution in [3.05, 3.63) is 28.8 Å². The third kappa shape index (κ3) is 3.35. The number of halogens is 1.